The molecule has 0 aliphatic carbocycles. The average Bonchev–Trinajstić information content (AvgIpc) is 3.42. The lowest BCUT2D eigenvalue weighted by Gasteiger charge is -2.33. The van der Waals surface area contributed by atoms with Crippen molar-refractivity contribution < 1.29 is 13.6 Å². The highest BCUT2D eigenvalue weighted by Crippen LogP contribution is 2.26. The summed E-state index contributed by atoms with van der Waals surface area (Å²) in [7, 11) is 0. The largest absolute Gasteiger partial charge is 0.468 e. The number of piperidine rings is 1. The number of nitrogens with zero attached hydrogens (tertiary/aromatic N) is 1. The Hall–Kier alpha value is -2.79. The second-order valence-electron chi connectivity index (χ2n) is 6.87. The second kappa shape index (κ2) is 8.27. The van der Waals surface area contributed by atoms with Crippen LogP contribution >= 0.6 is 0 Å². The lowest BCUT2D eigenvalue weighted by molar-refractivity contribution is 0.0888. The van der Waals surface area contributed by atoms with Crippen LogP contribution < -0.4 is 5.32 Å². The topological polar surface area (TPSA) is 58.6 Å². The van der Waals surface area contributed by atoms with Crippen molar-refractivity contribution in [2.24, 2.45) is 0 Å². The second-order valence-corrected chi connectivity index (χ2v) is 6.87. The zero-order chi connectivity index (χ0) is 18.5. The number of benzene rings is 1. The van der Waals surface area contributed by atoms with Crippen LogP contribution in [0.15, 0.2) is 69.9 Å². The number of hydrogen-bond donors (Lipinski definition) is 1. The van der Waals surface area contributed by atoms with E-state index in [0.717, 1.165) is 30.0 Å². The van der Waals surface area contributed by atoms with Gasteiger partial charge in [-0.15, -0.1) is 0 Å². The van der Waals surface area contributed by atoms with Crippen LogP contribution in [0.4, 0.5) is 0 Å². The van der Waals surface area contributed by atoms with E-state index in [4.69, 9.17) is 8.83 Å². The normalized spacial score (nSPS) is 16.1. The van der Waals surface area contributed by atoms with Gasteiger partial charge in [0, 0.05) is 12.1 Å². The molecular weight excluding hydrogens is 340 g/mol. The van der Waals surface area contributed by atoms with Crippen molar-refractivity contribution in [1.82, 2.24) is 10.2 Å². The van der Waals surface area contributed by atoms with Crippen molar-refractivity contribution in [3.8, 4) is 11.1 Å². The van der Waals surface area contributed by atoms with Crippen LogP contribution in [-0.4, -0.2) is 30.4 Å². The SMILES string of the molecule is O=C(NCC(c1ccco1)N1CCCCC1)c1occc1-c1ccccc1. The monoisotopic (exact) mass is 364 g/mol. The van der Waals surface area contributed by atoms with E-state index in [0.29, 0.717) is 12.3 Å². The predicted molar refractivity (Wildman–Crippen MR) is 103 cm³/mol. The highest BCUT2D eigenvalue weighted by atomic mass is 16.3. The van der Waals surface area contributed by atoms with Gasteiger partial charge >= 0.3 is 0 Å². The van der Waals surface area contributed by atoms with Crippen molar-refractivity contribution in [3.63, 3.8) is 0 Å². The molecule has 1 aliphatic rings. The molecule has 1 aromatic carbocycles. The van der Waals surface area contributed by atoms with Gasteiger partial charge in [-0.25, -0.2) is 0 Å². The number of hydrogen-bond acceptors (Lipinski definition) is 4. The molecule has 5 heteroatoms. The Balaban J connectivity index is 1.48. The summed E-state index contributed by atoms with van der Waals surface area (Å²) in [4.78, 5) is 15.2. The number of likely N-dealkylation sites (tertiary alicyclic amines) is 1. The summed E-state index contributed by atoms with van der Waals surface area (Å²) >= 11 is 0. The Morgan fingerprint density at radius 1 is 0.963 bits per heavy atom. The highest BCUT2D eigenvalue weighted by Gasteiger charge is 2.26. The standard InChI is InChI=1S/C22H24N2O3/c25-22(21-18(11-15-27-21)17-8-3-1-4-9-17)23-16-19(20-10-7-14-26-20)24-12-5-2-6-13-24/h1,3-4,7-11,14-15,19H,2,5-6,12-13,16H2,(H,23,25). The van der Waals surface area contributed by atoms with Gasteiger partial charge in [-0.05, 0) is 49.7 Å². The minimum Gasteiger partial charge on any atom is -0.468 e. The van der Waals surface area contributed by atoms with Gasteiger partial charge in [0.05, 0.1) is 18.6 Å². The molecule has 2 aromatic heterocycles. The minimum absolute atomic E-state index is 0.0411. The van der Waals surface area contributed by atoms with Crippen LogP contribution in [-0.2, 0) is 0 Å². The summed E-state index contributed by atoms with van der Waals surface area (Å²) in [5.74, 6) is 1.03. The van der Waals surface area contributed by atoms with Crippen molar-refractivity contribution in [2.45, 2.75) is 25.3 Å². The lowest BCUT2D eigenvalue weighted by atomic mass is 10.1. The van der Waals surface area contributed by atoms with E-state index in [1.807, 2.05) is 48.5 Å². The van der Waals surface area contributed by atoms with Crippen LogP contribution in [0.5, 0.6) is 0 Å². The van der Waals surface area contributed by atoms with E-state index < -0.39 is 0 Å². The molecule has 140 valence electrons. The lowest BCUT2D eigenvalue weighted by Crippen LogP contribution is -2.40. The number of carbonyl (C=O) groups is 1. The molecule has 1 N–H and O–H groups in total. The van der Waals surface area contributed by atoms with Crippen LogP contribution in [0.2, 0.25) is 0 Å². The van der Waals surface area contributed by atoms with E-state index in [1.54, 1.807) is 12.5 Å². The van der Waals surface area contributed by atoms with Crippen molar-refractivity contribution in [3.05, 3.63) is 72.6 Å². The fourth-order valence-corrected chi connectivity index (χ4v) is 3.72. The Morgan fingerprint density at radius 3 is 2.52 bits per heavy atom. The molecule has 1 unspecified atom stereocenters. The van der Waals surface area contributed by atoms with Crippen LogP contribution in [0.1, 0.15) is 41.6 Å². The molecule has 0 bridgehead atoms. The molecule has 1 atom stereocenters. The summed E-state index contributed by atoms with van der Waals surface area (Å²) in [6.45, 7) is 2.54. The molecule has 3 heterocycles. The molecule has 5 nitrogen and oxygen atoms in total. The zero-order valence-electron chi connectivity index (χ0n) is 15.3. The van der Waals surface area contributed by atoms with E-state index in [1.165, 1.54) is 19.3 Å². The van der Waals surface area contributed by atoms with Crippen molar-refractivity contribution >= 4 is 5.91 Å². The fourth-order valence-electron chi connectivity index (χ4n) is 3.72. The van der Waals surface area contributed by atoms with E-state index in [2.05, 4.69) is 10.2 Å². The third-order valence-electron chi connectivity index (χ3n) is 5.12. The first-order chi connectivity index (χ1) is 13.3. The number of rotatable bonds is 6. The summed E-state index contributed by atoms with van der Waals surface area (Å²) in [5, 5.41) is 3.05. The third kappa shape index (κ3) is 3.98. The molecule has 1 saturated heterocycles. The summed E-state index contributed by atoms with van der Waals surface area (Å²) in [6, 6.07) is 15.6. The number of furan rings is 2. The number of nitrogens with one attached hydrogen (secondary N) is 1. The highest BCUT2D eigenvalue weighted by molar-refractivity contribution is 5.98. The third-order valence-corrected chi connectivity index (χ3v) is 5.12. The maximum absolute atomic E-state index is 12.8. The van der Waals surface area contributed by atoms with Crippen molar-refractivity contribution in [2.75, 3.05) is 19.6 Å². The Labute approximate surface area is 159 Å². The van der Waals surface area contributed by atoms with Crippen LogP contribution in [0, 0.1) is 0 Å². The first kappa shape index (κ1) is 17.6. The van der Waals surface area contributed by atoms with Gasteiger partial charge < -0.3 is 14.2 Å². The van der Waals surface area contributed by atoms with Gasteiger partial charge in [-0.2, -0.15) is 0 Å². The number of amides is 1. The quantitative estimate of drug-likeness (QED) is 0.700. The van der Waals surface area contributed by atoms with E-state index in [9.17, 15) is 4.79 Å². The predicted octanol–water partition coefficient (Wildman–Crippen LogP) is 4.50. The maximum atomic E-state index is 12.8. The Kier molecular flexibility index (Phi) is 5.39. The van der Waals surface area contributed by atoms with Gasteiger partial charge in [-0.1, -0.05) is 36.8 Å². The first-order valence-electron chi connectivity index (χ1n) is 9.51. The fraction of sp³-hybridized carbons (Fsp3) is 0.318. The maximum Gasteiger partial charge on any atom is 0.287 e. The number of carbonyl (C=O) groups excluding carboxylic acids is 1. The molecular formula is C22H24N2O3. The smallest absolute Gasteiger partial charge is 0.287 e. The summed E-state index contributed by atoms with van der Waals surface area (Å²) < 4.78 is 11.1. The molecule has 0 saturated carbocycles. The Bertz CT molecular complexity index is 849. The first-order valence-corrected chi connectivity index (χ1v) is 9.51. The van der Waals surface area contributed by atoms with E-state index in [-0.39, 0.29) is 11.9 Å². The average molecular weight is 364 g/mol. The Morgan fingerprint density at radius 2 is 1.78 bits per heavy atom. The molecule has 3 aromatic rings. The van der Waals surface area contributed by atoms with Crippen LogP contribution in [0.3, 0.4) is 0 Å². The van der Waals surface area contributed by atoms with Gasteiger partial charge in [-0.3, -0.25) is 9.69 Å². The molecule has 1 amide bonds. The van der Waals surface area contributed by atoms with Gasteiger partial charge in [0.1, 0.15) is 5.76 Å². The zero-order valence-corrected chi connectivity index (χ0v) is 15.3. The van der Waals surface area contributed by atoms with Crippen molar-refractivity contribution in [1.29, 1.82) is 0 Å². The minimum atomic E-state index is -0.201. The molecule has 4 rings (SSSR count). The molecule has 27 heavy (non-hydrogen) atoms. The van der Waals surface area contributed by atoms with E-state index >= 15 is 0 Å². The summed E-state index contributed by atoms with van der Waals surface area (Å²) in [5.41, 5.74) is 1.77. The molecule has 1 fully saturated rings. The molecule has 0 radical (unpaired) electrons. The van der Waals surface area contributed by atoms with Gasteiger partial charge in [0.25, 0.3) is 5.91 Å². The summed E-state index contributed by atoms with van der Waals surface area (Å²) in [6.07, 6.45) is 6.88. The molecule has 1 aliphatic heterocycles. The molecule has 0 spiro atoms. The van der Waals surface area contributed by atoms with Gasteiger partial charge in [0.15, 0.2) is 5.76 Å². The van der Waals surface area contributed by atoms with Crippen LogP contribution in [0.25, 0.3) is 11.1 Å². The van der Waals surface area contributed by atoms with Gasteiger partial charge in [0.2, 0.25) is 0 Å².